The highest BCUT2D eigenvalue weighted by Crippen LogP contribution is 2.44. The van der Waals surface area contributed by atoms with Crippen molar-refractivity contribution in [3.63, 3.8) is 0 Å². The van der Waals surface area contributed by atoms with Crippen molar-refractivity contribution in [2.45, 2.75) is 17.9 Å². The first-order chi connectivity index (χ1) is 17.6. The first kappa shape index (κ1) is 23.5. The second-order valence-electron chi connectivity index (χ2n) is 9.05. The van der Waals surface area contributed by atoms with E-state index in [1.54, 1.807) is 0 Å². The highest BCUT2D eigenvalue weighted by atomic mass is 16.5. The van der Waals surface area contributed by atoms with Crippen molar-refractivity contribution in [1.29, 1.82) is 0 Å². The highest BCUT2D eigenvalue weighted by molar-refractivity contribution is 5.95. The Hall–Kier alpha value is -4.22. The summed E-state index contributed by atoms with van der Waals surface area (Å²) in [5.74, 6) is -4.30. The smallest absolute Gasteiger partial charge is 0.322 e. The van der Waals surface area contributed by atoms with Crippen LogP contribution in [0.15, 0.2) is 109 Å². The number of carboxylic acids is 1. The number of aliphatic carboxylic acids is 1. The number of carbonyl (C=O) groups is 2. The Balaban J connectivity index is 1.41. The van der Waals surface area contributed by atoms with E-state index >= 15 is 0 Å². The molecule has 0 aromatic heterocycles. The lowest BCUT2D eigenvalue weighted by molar-refractivity contribution is -0.160. The quantitative estimate of drug-likeness (QED) is 0.269. The van der Waals surface area contributed by atoms with Crippen LogP contribution in [0.3, 0.4) is 0 Å². The van der Waals surface area contributed by atoms with Gasteiger partial charge in [-0.25, -0.2) is 0 Å². The normalized spacial score (nSPS) is 14.1. The number of carbonyl (C=O) groups excluding carboxylic acids is 1. The van der Waals surface area contributed by atoms with Gasteiger partial charge < -0.3 is 15.6 Å². The zero-order valence-electron chi connectivity index (χ0n) is 19.7. The SMILES string of the molecule is N[C@H](C(c1ccccc1)c1ccccc1)[C@H](C(=O)O)C(=O)OCC1c2ccccc2-c2ccccc21. The molecule has 0 saturated heterocycles. The van der Waals surface area contributed by atoms with Gasteiger partial charge in [-0.2, -0.15) is 0 Å². The van der Waals surface area contributed by atoms with E-state index in [4.69, 9.17) is 10.5 Å². The van der Waals surface area contributed by atoms with E-state index < -0.39 is 29.8 Å². The van der Waals surface area contributed by atoms with E-state index in [0.29, 0.717) is 0 Å². The molecule has 1 aliphatic carbocycles. The van der Waals surface area contributed by atoms with E-state index in [9.17, 15) is 14.7 Å². The van der Waals surface area contributed by atoms with Crippen LogP contribution in [-0.4, -0.2) is 29.7 Å². The molecule has 36 heavy (non-hydrogen) atoms. The summed E-state index contributed by atoms with van der Waals surface area (Å²) in [5.41, 5.74) is 12.6. The van der Waals surface area contributed by atoms with Crippen LogP contribution < -0.4 is 5.73 Å². The number of hydrogen-bond donors (Lipinski definition) is 2. The maximum Gasteiger partial charge on any atom is 0.322 e. The fourth-order valence-corrected chi connectivity index (χ4v) is 5.27. The maximum absolute atomic E-state index is 13.3. The zero-order chi connectivity index (χ0) is 25.1. The average Bonchev–Trinajstić information content (AvgIpc) is 3.22. The number of rotatable bonds is 8. The van der Waals surface area contributed by atoms with Crippen molar-refractivity contribution in [2.24, 2.45) is 11.7 Å². The first-order valence-corrected chi connectivity index (χ1v) is 12.0. The third-order valence-electron chi connectivity index (χ3n) is 6.96. The van der Waals surface area contributed by atoms with Gasteiger partial charge in [0.2, 0.25) is 0 Å². The van der Waals surface area contributed by atoms with E-state index in [1.165, 1.54) is 0 Å². The van der Waals surface area contributed by atoms with Crippen LogP contribution >= 0.6 is 0 Å². The Morgan fingerprint density at radius 1 is 0.722 bits per heavy atom. The van der Waals surface area contributed by atoms with Crippen LogP contribution in [0, 0.1) is 5.92 Å². The van der Waals surface area contributed by atoms with Crippen molar-refractivity contribution < 1.29 is 19.4 Å². The largest absolute Gasteiger partial charge is 0.481 e. The Morgan fingerprint density at radius 2 is 1.17 bits per heavy atom. The number of ether oxygens (including phenoxy) is 1. The van der Waals surface area contributed by atoms with E-state index in [0.717, 1.165) is 33.4 Å². The highest BCUT2D eigenvalue weighted by Gasteiger charge is 2.40. The van der Waals surface area contributed by atoms with Crippen LogP contribution in [-0.2, 0) is 14.3 Å². The lowest BCUT2D eigenvalue weighted by Crippen LogP contribution is -2.46. The summed E-state index contributed by atoms with van der Waals surface area (Å²) in [7, 11) is 0. The van der Waals surface area contributed by atoms with Gasteiger partial charge in [0.15, 0.2) is 5.92 Å². The van der Waals surface area contributed by atoms with Gasteiger partial charge in [0.1, 0.15) is 6.61 Å². The standard InChI is InChI=1S/C31H27NO4/c32-29(27(20-11-3-1-4-12-20)21-13-5-2-6-14-21)28(30(33)34)31(35)36-19-26-24-17-9-7-15-22(24)23-16-8-10-18-25(23)26/h1-18,26-29H,19,32H2,(H,33,34)/t28-,29-/m1/s1. The monoisotopic (exact) mass is 477 g/mol. The number of benzene rings is 4. The number of nitrogens with two attached hydrogens (primary N) is 1. The molecule has 0 radical (unpaired) electrons. The lowest BCUT2D eigenvalue weighted by Gasteiger charge is -2.29. The molecule has 0 saturated carbocycles. The molecular weight excluding hydrogens is 450 g/mol. The predicted octanol–water partition coefficient (Wildman–Crippen LogP) is 5.20. The second kappa shape index (κ2) is 10.2. The molecular formula is C31H27NO4. The third-order valence-corrected chi connectivity index (χ3v) is 6.96. The van der Waals surface area contributed by atoms with Crippen molar-refractivity contribution in [3.8, 4) is 11.1 Å². The summed E-state index contributed by atoms with van der Waals surface area (Å²) in [6.45, 7) is 0.0463. The van der Waals surface area contributed by atoms with E-state index in [-0.39, 0.29) is 12.5 Å². The molecule has 0 spiro atoms. The summed E-state index contributed by atoms with van der Waals surface area (Å²) in [6, 6.07) is 33.9. The predicted molar refractivity (Wildman–Crippen MR) is 139 cm³/mol. The molecule has 5 heteroatoms. The van der Waals surface area contributed by atoms with Gasteiger partial charge in [-0.05, 0) is 33.4 Å². The number of esters is 1. The lowest BCUT2D eigenvalue weighted by atomic mass is 9.79. The molecule has 1 aliphatic rings. The molecule has 2 atom stereocenters. The molecule has 0 amide bonds. The van der Waals surface area contributed by atoms with Gasteiger partial charge in [-0.1, -0.05) is 109 Å². The fraction of sp³-hybridized carbons (Fsp3) is 0.161. The minimum absolute atomic E-state index is 0.0463. The van der Waals surface area contributed by atoms with Crippen LogP contribution in [0.25, 0.3) is 11.1 Å². The zero-order valence-corrected chi connectivity index (χ0v) is 19.7. The van der Waals surface area contributed by atoms with Gasteiger partial charge in [0.05, 0.1) is 0 Å². The Labute approximate surface area is 210 Å². The molecule has 4 aromatic carbocycles. The van der Waals surface area contributed by atoms with Gasteiger partial charge in [0.25, 0.3) is 0 Å². The maximum atomic E-state index is 13.3. The Morgan fingerprint density at radius 3 is 1.64 bits per heavy atom. The molecule has 0 aliphatic heterocycles. The van der Waals surface area contributed by atoms with Crippen molar-refractivity contribution in [1.82, 2.24) is 0 Å². The summed E-state index contributed by atoms with van der Waals surface area (Å²) >= 11 is 0. The molecule has 180 valence electrons. The molecule has 3 N–H and O–H groups in total. The topological polar surface area (TPSA) is 89.6 Å². The summed E-state index contributed by atoms with van der Waals surface area (Å²) in [6.07, 6.45) is 0. The number of carboxylic acid groups (broad SMARTS) is 1. The van der Waals surface area contributed by atoms with Crippen molar-refractivity contribution in [3.05, 3.63) is 131 Å². The number of fused-ring (bicyclic) bond motifs is 3. The molecule has 0 heterocycles. The minimum Gasteiger partial charge on any atom is -0.481 e. The fourth-order valence-electron chi connectivity index (χ4n) is 5.27. The van der Waals surface area contributed by atoms with Crippen LogP contribution in [0.4, 0.5) is 0 Å². The van der Waals surface area contributed by atoms with Gasteiger partial charge in [-0.3, -0.25) is 9.59 Å². The van der Waals surface area contributed by atoms with Crippen molar-refractivity contribution >= 4 is 11.9 Å². The molecule has 0 fully saturated rings. The Kier molecular flexibility index (Phi) is 6.65. The van der Waals surface area contributed by atoms with E-state index in [1.807, 2.05) is 97.1 Å². The second-order valence-corrected chi connectivity index (χ2v) is 9.05. The van der Waals surface area contributed by atoms with Gasteiger partial charge in [-0.15, -0.1) is 0 Å². The average molecular weight is 478 g/mol. The Bertz CT molecular complexity index is 1280. The van der Waals surface area contributed by atoms with Crippen LogP contribution in [0.1, 0.15) is 34.1 Å². The molecule has 4 aromatic rings. The molecule has 5 nitrogen and oxygen atoms in total. The summed E-state index contributed by atoms with van der Waals surface area (Å²) < 4.78 is 5.71. The third kappa shape index (κ3) is 4.41. The van der Waals surface area contributed by atoms with Crippen LogP contribution in [0.2, 0.25) is 0 Å². The van der Waals surface area contributed by atoms with Gasteiger partial charge >= 0.3 is 11.9 Å². The van der Waals surface area contributed by atoms with Gasteiger partial charge in [0, 0.05) is 17.9 Å². The molecule has 0 bridgehead atoms. The van der Waals surface area contributed by atoms with Crippen molar-refractivity contribution in [2.75, 3.05) is 6.61 Å². The van der Waals surface area contributed by atoms with Crippen LogP contribution in [0.5, 0.6) is 0 Å². The summed E-state index contributed by atoms with van der Waals surface area (Å²) in [5, 5.41) is 10.1. The molecule has 5 rings (SSSR count). The van der Waals surface area contributed by atoms with E-state index in [2.05, 4.69) is 12.1 Å². The summed E-state index contributed by atoms with van der Waals surface area (Å²) in [4.78, 5) is 25.7. The molecule has 0 unspecified atom stereocenters. The minimum atomic E-state index is -1.53. The first-order valence-electron chi connectivity index (χ1n) is 12.0. The number of hydrogen-bond acceptors (Lipinski definition) is 4.